The highest BCUT2D eigenvalue weighted by atomic mass is 32.2. The minimum absolute atomic E-state index is 0.0200. The van der Waals surface area contributed by atoms with E-state index < -0.39 is 16.3 Å². The lowest BCUT2D eigenvalue weighted by molar-refractivity contribution is 0.255. The van der Waals surface area contributed by atoms with Gasteiger partial charge in [0.2, 0.25) is 5.88 Å². The van der Waals surface area contributed by atoms with Gasteiger partial charge in [0.25, 0.3) is 0 Å². The highest BCUT2D eigenvalue weighted by molar-refractivity contribution is 7.85. The van der Waals surface area contributed by atoms with Crippen molar-refractivity contribution >= 4 is 22.2 Å². The quantitative estimate of drug-likeness (QED) is 0.691. The third kappa shape index (κ3) is 5.79. The summed E-state index contributed by atoms with van der Waals surface area (Å²) in [7, 11) is -1.64. The highest BCUT2D eigenvalue weighted by Crippen LogP contribution is 2.22. The molecular weight excluding hydrogens is 374 g/mol. The van der Waals surface area contributed by atoms with E-state index in [1.54, 1.807) is 22.9 Å². The summed E-state index contributed by atoms with van der Waals surface area (Å²) in [5.74, 6) is 2.98. The molecule has 1 aromatic heterocycles. The maximum atomic E-state index is 12.1. The minimum atomic E-state index is -4.45. The molecule has 0 fully saturated rings. The molecular formula is C17H17N3O6S. The number of benzene rings is 1. The number of nitrogens with zero attached hydrogens (tertiary/aromatic N) is 1. The van der Waals surface area contributed by atoms with Gasteiger partial charge in [-0.1, -0.05) is 18.2 Å². The first-order valence-electron chi connectivity index (χ1n) is 7.51. The Morgan fingerprint density at radius 2 is 1.96 bits per heavy atom. The first kappa shape index (κ1) is 19.9. The van der Waals surface area contributed by atoms with Crippen LogP contribution >= 0.6 is 0 Å². The SMILES string of the molecule is C#CCc1ccccc1OS(=O)(=O)NC(=O)Nc1cc(OC)cc(OC)n1. The molecule has 2 aromatic rings. The smallest absolute Gasteiger partial charge is 0.411 e. The zero-order valence-corrected chi connectivity index (χ0v) is 15.4. The molecule has 0 spiro atoms. The fourth-order valence-corrected chi connectivity index (χ4v) is 2.72. The molecule has 142 valence electrons. The first-order valence-corrected chi connectivity index (χ1v) is 8.92. The largest absolute Gasteiger partial charge is 0.496 e. The van der Waals surface area contributed by atoms with Crippen molar-refractivity contribution in [3.63, 3.8) is 0 Å². The summed E-state index contributed by atoms with van der Waals surface area (Å²) in [6.45, 7) is 0. The van der Waals surface area contributed by atoms with E-state index in [2.05, 4.69) is 16.2 Å². The number of ether oxygens (including phenoxy) is 2. The van der Waals surface area contributed by atoms with E-state index in [1.807, 2.05) is 0 Å². The van der Waals surface area contributed by atoms with Crippen LogP contribution in [0.5, 0.6) is 17.4 Å². The molecule has 10 heteroatoms. The van der Waals surface area contributed by atoms with Gasteiger partial charge in [0.1, 0.15) is 17.3 Å². The Morgan fingerprint density at radius 1 is 1.22 bits per heavy atom. The second-order valence-electron chi connectivity index (χ2n) is 5.02. The number of hydrogen-bond donors (Lipinski definition) is 2. The topological polar surface area (TPSA) is 116 Å². The van der Waals surface area contributed by atoms with Crippen molar-refractivity contribution in [2.75, 3.05) is 19.5 Å². The molecule has 1 aromatic carbocycles. The van der Waals surface area contributed by atoms with Crippen LogP contribution in [-0.2, 0) is 16.7 Å². The molecule has 0 aliphatic heterocycles. The fourth-order valence-electron chi connectivity index (χ4n) is 2.00. The van der Waals surface area contributed by atoms with Crippen LogP contribution in [0.15, 0.2) is 36.4 Å². The number of hydrogen-bond acceptors (Lipinski definition) is 7. The number of pyridine rings is 1. The summed E-state index contributed by atoms with van der Waals surface area (Å²) >= 11 is 0. The van der Waals surface area contributed by atoms with Gasteiger partial charge in [0.15, 0.2) is 0 Å². The molecule has 0 saturated carbocycles. The van der Waals surface area contributed by atoms with Crippen LogP contribution in [0, 0.1) is 12.3 Å². The lowest BCUT2D eigenvalue weighted by atomic mass is 10.1. The summed E-state index contributed by atoms with van der Waals surface area (Å²) < 4.78 is 40.8. The van der Waals surface area contributed by atoms with E-state index in [9.17, 15) is 13.2 Å². The zero-order valence-electron chi connectivity index (χ0n) is 14.6. The van der Waals surface area contributed by atoms with Crippen LogP contribution in [0.25, 0.3) is 0 Å². The van der Waals surface area contributed by atoms with Crippen LogP contribution in [-0.4, -0.2) is 33.7 Å². The van der Waals surface area contributed by atoms with Gasteiger partial charge in [-0.3, -0.25) is 5.32 Å². The van der Waals surface area contributed by atoms with Gasteiger partial charge in [-0.25, -0.2) is 9.52 Å². The van der Waals surface area contributed by atoms with Crippen molar-refractivity contribution < 1.29 is 26.9 Å². The van der Waals surface area contributed by atoms with Gasteiger partial charge in [-0.15, -0.1) is 12.3 Å². The summed E-state index contributed by atoms with van der Waals surface area (Å²) in [6, 6.07) is 8.12. The van der Waals surface area contributed by atoms with Crippen molar-refractivity contribution in [1.82, 2.24) is 9.71 Å². The third-order valence-corrected chi connectivity index (χ3v) is 3.98. The van der Waals surface area contributed by atoms with Crippen LogP contribution in [0.4, 0.5) is 10.6 Å². The molecule has 0 unspecified atom stereocenters. The number of nitrogens with one attached hydrogen (secondary N) is 2. The number of terminal acetylenes is 1. The maximum absolute atomic E-state index is 12.1. The number of urea groups is 1. The maximum Gasteiger partial charge on any atom is 0.411 e. The van der Waals surface area contributed by atoms with Crippen LogP contribution in [0.3, 0.4) is 0 Å². The van der Waals surface area contributed by atoms with Crippen molar-refractivity contribution in [2.24, 2.45) is 0 Å². The number of rotatable bonds is 7. The third-order valence-electron chi connectivity index (χ3n) is 3.14. The number of anilines is 1. The average molecular weight is 391 g/mol. The molecule has 2 amide bonds. The van der Waals surface area contributed by atoms with Crippen molar-refractivity contribution in [2.45, 2.75) is 6.42 Å². The Labute approximate surface area is 156 Å². The van der Waals surface area contributed by atoms with Gasteiger partial charge in [-0.2, -0.15) is 13.4 Å². The van der Waals surface area contributed by atoms with E-state index in [-0.39, 0.29) is 23.9 Å². The van der Waals surface area contributed by atoms with Gasteiger partial charge in [0, 0.05) is 24.1 Å². The van der Waals surface area contributed by atoms with E-state index in [0.29, 0.717) is 11.3 Å². The monoisotopic (exact) mass is 391 g/mol. The number of methoxy groups -OCH3 is 2. The van der Waals surface area contributed by atoms with Crippen molar-refractivity contribution in [3.8, 4) is 29.7 Å². The molecule has 2 N–H and O–H groups in total. The number of carbonyl (C=O) groups is 1. The molecule has 0 saturated heterocycles. The predicted octanol–water partition coefficient (Wildman–Crippen LogP) is 1.72. The second kappa shape index (κ2) is 8.77. The summed E-state index contributed by atoms with van der Waals surface area (Å²) in [5.41, 5.74) is 0.491. The Kier molecular flexibility index (Phi) is 6.46. The van der Waals surface area contributed by atoms with E-state index in [1.165, 1.54) is 32.4 Å². The predicted molar refractivity (Wildman–Crippen MR) is 98.0 cm³/mol. The Balaban J connectivity index is 2.10. The molecule has 0 bridgehead atoms. The van der Waals surface area contributed by atoms with Gasteiger partial charge in [-0.05, 0) is 6.07 Å². The molecule has 0 aliphatic carbocycles. The van der Waals surface area contributed by atoms with E-state index in [4.69, 9.17) is 20.1 Å². The molecule has 27 heavy (non-hydrogen) atoms. The van der Waals surface area contributed by atoms with Gasteiger partial charge >= 0.3 is 16.3 Å². The van der Waals surface area contributed by atoms with Crippen molar-refractivity contribution in [3.05, 3.63) is 42.0 Å². The lowest BCUT2D eigenvalue weighted by Gasteiger charge is -2.12. The fraction of sp³-hybridized carbons (Fsp3) is 0.176. The van der Waals surface area contributed by atoms with E-state index in [0.717, 1.165) is 0 Å². The lowest BCUT2D eigenvalue weighted by Crippen LogP contribution is -2.37. The molecule has 0 radical (unpaired) electrons. The highest BCUT2D eigenvalue weighted by Gasteiger charge is 2.19. The van der Waals surface area contributed by atoms with Crippen LogP contribution in [0.2, 0.25) is 0 Å². The number of aromatic nitrogens is 1. The number of carbonyl (C=O) groups excluding carboxylic acids is 1. The van der Waals surface area contributed by atoms with Crippen LogP contribution < -0.4 is 23.7 Å². The Bertz CT molecular complexity index is 947. The molecule has 1 heterocycles. The summed E-state index contributed by atoms with van der Waals surface area (Å²) in [4.78, 5) is 16.0. The standard InChI is InChI=1S/C17H17N3O6S/c1-4-7-12-8-5-6-9-14(12)26-27(22,23)20-17(21)19-15-10-13(24-2)11-16(18-15)25-3/h1,5-6,8-11H,7H2,2-3H3,(H2,18,19,20,21). The zero-order chi connectivity index (χ0) is 19.9. The molecule has 9 nitrogen and oxygen atoms in total. The average Bonchev–Trinajstić information content (AvgIpc) is 2.62. The summed E-state index contributed by atoms with van der Waals surface area (Å²) in [6.07, 6.45) is 5.42. The molecule has 0 aliphatic rings. The minimum Gasteiger partial charge on any atom is -0.496 e. The van der Waals surface area contributed by atoms with Gasteiger partial charge < -0.3 is 13.7 Å². The number of amides is 2. The molecule has 0 atom stereocenters. The molecule has 2 rings (SSSR count). The van der Waals surface area contributed by atoms with Gasteiger partial charge in [0.05, 0.1) is 14.2 Å². The normalized spacial score (nSPS) is 10.4. The Hall–Kier alpha value is -3.45. The first-order chi connectivity index (χ1) is 12.9. The second-order valence-corrected chi connectivity index (χ2v) is 6.30. The number of para-hydroxylation sites is 1. The Morgan fingerprint density at radius 3 is 2.63 bits per heavy atom. The van der Waals surface area contributed by atoms with Crippen LogP contribution in [0.1, 0.15) is 5.56 Å². The van der Waals surface area contributed by atoms with E-state index >= 15 is 0 Å². The summed E-state index contributed by atoms with van der Waals surface area (Å²) in [5, 5.41) is 2.26. The van der Waals surface area contributed by atoms with Crippen molar-refractivity contribution in [1.29, 1.82) is 0 Å².